The van der Waals surface area contributed by atoms with Crippen LogP contribution in [-0.2, 0) is 19.4 Å². The molecule has 116 valence electrons. The third kappa shape index (κ3) is 4.73. The highest BCUT2D eigenvalue weighted by molar-refractivity contribution is 7.15. The summed E-state index contributed by atoms with van der Waals surface area (Å²) in [5.74, 6) is 0. The minimum absolute atomic E-state index is 0. The van der Waals surface area contributed by atoms with Gasteiger partial charge in [-0.15, -0.1) is 36.2 Å². The molecule has 1 aliphatic rings. The first-order valence-electron chi connectivity index (χ1n) is 6.41. The summed E-state index contributed by atoms with van der Waals surface area (Å²) in [6.07, 6.45) is 2.04. The predicted molar refractivity (Wildman–Crippen MR) is 95.2 cm³/mol. The van der Waals surface area contributed by atoms with Crippen LogP contribution in [-0.4, -0.2) is 23.0 Å². The van der Waals surface area contributed by atoms with E-state index in [1.54, 1.807) is 11.3 Å². The molecule has 1 aromatic heterocycles. The SMILES string of the molecule is Cl.Cl.Nc1nc2c(s1)CCN(Cc1cccc(Cl)c1)CC2. The number of fused-ring (bicyclic) bond motifs is 1. The first kappa shape index (κ1) is 18.5. The minimum Gasteiger partial charge on any atom is -0.375 e. The second-order valence-electron chi connectivity index (χ2n) is 4.83. The van der Waals surface area contributed by atoms with Gasteiger partial charge in [-0.3, -0.25) is 4.90 Å². The van der Waals surface area contributed by atoms with E-state index in [9.17, 15) is 0 Å². The monoisotopic (exact) mass is 365 g/mol. The zero-order valence-corrected chi connectivity index (χ0v) is 14.6. The molecular formula is C14H18Cl3N3S. The molecule has 2 heterocycles. The van der Waals surface area contributed by atoms with E-state index in [-0.39, 0.29) is 24.8 Å². The maximum absolute atomic E-state index is 6.03. The van der Waals surface area contributed by atoms with Gasteiger partial charge in [-0.25, -0.2) is 4.98 Å². The number of anilines is 1. The van der Waals surface area contributed by atoms with Crippen LogP contribution in [0.25, 0.3) is 0 Å². The maximum Gasteiger partial charge on any atom is 0.180 e. The van der Waals surface area contributed by atoms with Gasteiger partial charge in [0.2, 0.25) is 0 Å². The number of aromatic nitrogens is 1. The van der Waals surface area contributed by atoms with Crippen molar-refractivity contribution in [2.75, 3.05) is 18.8 Å². The highest BCUT2D eigenvalue weighted by Crippen LogP contribution is 2.24. The third-order valence-electron chi connectivity index (χ3n) is 3.41. The molecule has 3 nitrogen and oxygen atoms in total. The fourth-order valence-corrected chi connectivity index (χ4v) is 3.56. The van der Waals surface area contributed by atoms with Gasteiger partial charge in [0.1, 0.15) is 0 Å². The van der Waals surface area contributed by atoms with Gasteiger partial charge in [0.15, 0.2) is 5.13 Å². The van der Waals surface area contributed by atoms with Crippen molar-refractivity contribution >= 4 is 52.9 Å². The first-order valence-corrected chi connectivity index (χ1v) is 7.61. The van der Waals surface area contributed by atoms with Gasteiger partial charge in [0.05, 0.1) is 5.69 Å². The van der Waals surface area contributed by atoms with Gasteiger partial charge in [0, 0.05) is 36.0 Å². The van der Waals surface area contributed by atoms with Crippen LogP contribution in [0.3, 0.4) is 0 Å². The molecular weight excluding hydrogens is 349 g/mol. The highest BCUT2D eigenvalue weighted by Gasteiger charge is 2.17. The molecule has 1 aliphatic heterocycles. The number of halogens is 3. The fraction of sp³-hybridized carbons (Fsp3) is 0.357. The van der Waals surface area contributed by atoms with E-state index in [2.05, 4.69) is 16.0 Å². The molecule has 0 bridgehead atoms. The molecule has 0 atom stereocenters. The molecule has 21 heavy (non-hydrogen) atoms. The lowest BCUT2D eigenvalue weighted by atomic mass is 10.2. The number of nitrogen functional groups attached to an aromatic ring is 1. The summed E-state index contributed by atoms with van der Waals surface area (Å²) in [7, 11) is 0. The molecule has 3 rings (SSSR count). The van der Waals surface area contributed by atoms with E-state index >= 15 is 0 Å². The van der Waals surface area contributed by atoms with Gasteiger partial charge >= 0.3 is 0 Å². The van der Waals surface area contributed by atoms with E-state index < -0.39 is 0 Å². The number of benzene rings is 1. The van der Waals surface area contributed by atoms with Crippen LogP contribution >= 0.6 is 47.8 Å². The summed E-state index contributed by atoms with van der Waals surface area (Å²) in [5, 5.41) is 1.51. The van der Waals surface area contributed by atoms with Gasteiger partial charge in [-0.05, 0) is 24.1 Å². The lowest BCUT2D eigenvalue weighted by molar-refractivity contribution is 0.279. The third-order valence-corrected chi connectivity index (χ3v) is 4.63. The van der Waals surface area contributed by atoms with Crippen LogP contribution in [0.1, 0.15) is 16.1 Å². The quantitative estimate of drug-likeness (QED) is 0.878. The van der Waals surface area contributed by atoms with Gasteiger partial charge < -0.3 is 5.73 Å². The zero-order chi connectivity index (χ0) is 13.2. The smallest absolute Gasteiger partial charge is 0.180 e. The van der Waals surface area contributed by atoms with E-state index in [0.717, 1.165) is 37.5 Å². The van der Waals surface area contributed by atoms with Gasteiger partial charge in [0.25, 0.3) is 0 Å². The van der Waals surface area contributed by atoms with Crippen LogP contribution in [0, 0.1) is 0 Å². The van der Waals surface area contributed by atoms with Crippen molar-refractivity contribution in [1.29, 1.82) is 0 Å². The average Bonchev–Trinajstić information content (AvgIpc) is 2.64. The Hall–Kier alpha value is -0.520. The van der Waals surface area contributed by atoms with E-state index in [0.29, 0.717) is 5.13 Å². The van der Waals surface area contributed by atoms with E-state index in [4.69, 9.17) is 17.3 Å². The second kappa shape index (κ2) is 8.20. The number of rotatable bonds is 2. The molecule has 0 radical (unpaired) electrons. The Balaban J connectivity index is 0.00000110. The summed E-state index contributed by atoms with van der Waals surface area (Å²) in [6.45, 7) is 3.04. The topological polar surface area (TPSA) is 42.1 Å². The van der Waals surface area contributed by atoms with Crippen LogP contribution < -0.4 is 5.73 Å². The van der Waals surface area contributed by atoms with Crippen molar-refractivity contribution in [3.63, 3.8) is 0 Å². The van der Waals surface area contributed by atoms with Gasteiger partial charge in [-0.2, -0.15) is 0 Å². The second-order valence-corrected chi connectivity index (χ2v) is 6.38. The molecule has 0 saturated carbocycles. The molecule has 0 amide bonds. The van der Waals surface area contributed by atoms with Crippen molar-refractivity contribution in [2.45, 2.75) is 19.4 Å². The highest BCUT2D eigenvalue weighted by atomic mass is 35.5. The number of hydrogen-bond acceptors (Lipinski definition) is 4. The standard InChI is InChI=1S/C14H16ClN3S.2ClH/c15-11-3-1-2-10(8-11)9-18-6-4-12-13(5-7-18)19-14(16)17-12;;/h1-3,8H,4-7,9H2,(H2,16,17);2*1H. The molecule has 0 spiro atoms. The molecule has 0 unspecified atom stereocenters. The van der Waals surface area contributed by atoms with Crippen LogP contribution in [0.5, 0.6) is 0 Å². The number of thiazole rings is 1. The Labute approximate surface area is 146 Å². The molecule has 1 aromatic carbocycles. The predicted octanol–water partition coefficient (Wildman–Crippen LogP) is 3.82. The van der Waals surface area contributed by atoms with Crippen LogP contribution in [0.4, 0.5) is 5.13 Å². The fourth-order valence-electron chi connectivity index (χ4n) is 2.48. The van der Waals surface area contributed by atoms with Gasteiger partial charge in [-0.1, -0.05) is 23.7 Å². The summed E-state index contributed by atoms with van der Waals surface area (Å²) >= 11 is 7.66. The summed E-state index contributed by atoms with van der Waals surface area (Å²) in [4.78, 5) is 8.22. The largest absolute Gasteiger partial charge is 0.375 e. The number of nitrogens with zero attached hydrogens (tertiary/aromatic N) is 2. The normalized spacial score (nSPS) is 14.5. The molecule has 0 aliphatic carbocycles. The zero-order valence-electron chi connectivity index (χ0n) is 11.4. The Morgan fingerprint density at radius 2 is 2.00 bits per heavy atom. The van der Waals surface area contributed by atoms with Crippen molar-refractivity contribution < 1.29 is 0 Å². The molecule has 7 heteroatoms. The number of nitrogens with two attached hydrogens (primary N) is 1. The Morgan fingerprint density at radius 1 is 1.24 bits per heavy atom. The van der Waals surface area contributed by atoms with Crippen molar-refractivity contribution in [3.8, 4) is 0 Å². The van der Waals surface area contributed by atoms with Crippen molar-refractivity contribution in [3.05, 3.63) is 45.4 Å². The Kier molecular flexibility index (Phi) is 7.24. The lowest BCUT2D eigenvalue weighted by Crippen LogP contribution is -2.26. The first-order chi connectivity index (χ1) is 9.20. The lowest BCUT2D eigenvalue weighted by Gasteiger charge is -2.19. The summed E-state index contributed by atoms with van der Waals surface area (Å²) in [5.41, 5.74) is 8.22. The Morgan fingerprint density at radius 3 is 2.76 bits per heavy atom. The average molecular weight is 367 g/mol. The van der Waals surface area contributed by atoms with E-state index in [1.807, 2.05) is 18.2 Å². The van der Waals surface area contributed by atoms with E-state index in [1.165, 1.54) is 16.1 Å². The Bertz CT molecular complexity index is 563. The van der Waals surface area contributed by atoms with Crippen molar-refractivity contribution in [2.24, 2.45) is 0 Å². The van der Waals surface area contributed by atoms with Crippen molar-refractivity contribution in [1.82, 2.24) is 9.88 Å². The number of hydrogen-bond donors (Lipinski definition) is 1. The summed E-state index contributed by atoms with van der Waals surface area (Å²) in [6, 6.07) is 8.09. The van der Waals surface area contributed by atoms with Crippen LogP contribution in [0.15, 0.2) is 24.3 Å². The summed E-state index contributed by atoms with van der Waals surface area (Å²) < 4.78 is 0. The van der Waals surface area contributed by atoms with Crippen LogP contribution in [0.2, 0.25) is 5.02 Å². The molecule has 0 saturated heterocycles. The molecule has 2 aromatic rings. The maximum atomic E-state index is 6.03. The minimum atomic E-state index is 0. The molecule has 0 fully saturated rings. The molecule has 2 N–H and O–H groups in total.